The highest BCUT2D eigenvalue weighted by Gasteiger charge is 2.27. The molecule has 1 N–H and O–H groups in total. The lowest BCUT2D eigenvalue weighted by atomic mass is 10.0. The van der Waals surface area contributed by atoms with Crippen LogP contribution in [0.5, 0.6) is 0 Å². The Hall–Kier alpha value is -2.31. The fourth-order valence-electron chi connectivity index (χ4n) is 2.79. The molecule has 0 aromatic heterocycles. The van der Waals surface area contributed by atoms with Gasteiger partial charge in [-0.25, -0.2) is 8.78 Å². The van der Waals surface area contributed by atoms with Gasteiger partial charge in [0.2, 0.25) is 0 Å². The summed E-state index contributed by atoms with van der Waals surface area (Å²) in [6.45, 7) is 0.869. The van der Waals surface area contributed by atoms with Gasteiger partial charge < -0.3 is 14.7 Å². The van der Waals surface area contributed by atoms with Crippen molar-refractivity contribution in [3.05, 3.63) is 59.7 Å². The zero-order chi connectivity index (χ0) is 17.1. The van der Waals surface area contributed by atoms with Crippen molar-refractivity contribution < 1.29 is 23.4 Å². The molecular formula is C18H17F2NO3. The number of morpholine rings is 1. The molecule has 1 amide bonds. The Kier molecular flexibility index (Phi) is 4.87. The number of hydrogen-bond acceptors (Lipinski definition) is 3. The van der Waals surface area contributed by atoms with Crippen molar-refractivity contribution in [1.82, 2.24) is 4.90 Å². The molecule has 0 saturated carbocycles. The number of benzene rings is 2. The van der Waals surface area contributed by atoms with Gasteiger partial charge in [-0.15, -0.1) is 0 Å². The molecule has 1 fully saturated rings. The van der Waals surface area contributed by atoms with Crippen LogP contribution in [-0.4, -0.2) is 48.3 Å². The van der Waals surface area contributed by atoms with Gasteiger partial charge in [0.25, 0.3) is 5.91 Å². The number of halogens is 2. The average molecular weight is 333 g/mol. The van der Waals surface area contributed by atoms with Gasteiger partial charge in [0, 0.05) is 17.7 Å². The molecule has 1 aliphatic heterocycles. The first-order chi connectivity index (χ1) is 11.6. The maximum Gasteiger partial charge on any atom is 0.254 e. The summed E-state index contributed by atoms with van der Waals surface area (Å²) < 4.78 is 32.7. The minimum atomic E-state index is -0.943. The molecular weight excluding hydrogens is 316 g/mol. The summed E-state index contributed by atoms with van der Waals surface area (Å²) >= 11 is 0. The second-order valence-corrected chi connectivity index (χ2v) is 5.59. The maximum absolute atomic E-state index is 14.0. The van der Waals surface area contributed by atoms with Gasteiger partial charge in [-0.05, 0) is 23.8 Å². The predicted molar refractivity (Wildman–Crippen MR) is 84.5 cm³/mol. The van der Waals surface area contributed by atoms with E-state index in [4.69, 9.17) is 4.74 Å². The molecule has 0 bridgehead atoms. The van der Waals surface area contributed by atoms with Crippen LogP contribution in [-0.2, 0) is 4.74 Å². The highest BCUT2D eigenvalue weighted by atomic mass is 19.2. The highest BCUT2D eigenvalue weighted by Crippen LogP contribution is 2.26. The number of carbonyl (C=O) groups is 1. The van der Waals surface area contributed by atoms with Crippen molar-refractivity contribution in [1.29, 1.82) is 0 Å². The normalized spacial score (nSPS) is 17.8. The lowest BCUT2D eigenvalue weighted by Gasteiger charge is -2.34. The average Bonchev–Trinajstić information content (AvgIpc) is 2.63. The first-order valence-electron chi connectivity index (χ1n) is 7.66. The first-order valence-corrected chi connectivity index (χ1v) is 7.66. The SMILES string of the molecule is O=C(c1cccc(-c2cccc(F)c2F)c1)N1CCOCC1CO. The number of carbonyl (C=O) groups excluding carboxylic acids is 1. The molecule has 6 heteroatoms. The summed E-state index contributed by atoms with van der Waals surface area (Å²) in [7, 11) is 0. The lowest BCUT2D eigenvalue weighted by molar-refractivity contribution is -0.0183. The molecule has 24 heavy (non-hydrogen) atoms. The number of aliphatic hydroxyl groups is 1. The molecule has 0 aliphatic carbocycles. The topological polar surface area (TPSA) is 49.8 Å². The molecule has 0 radical (unpaired) electrons. The Balaban J connectivity index is 1.93. The minimum Gasteiger partial charge on any atom is -0.394 e. The van der Waals surface area contributed by atoms with Crippen LogP contribution >= 0.6 is 0 Å². The highest BCUT2D eigenvalue weighted by molar-refractivity contribution is 5.95. The summed E-state index contributed by atoms with van der Waals surface area (Å²) in [5.41, 5.74) is 0.883. The van der Waals surface area contributed by atoms with Crippen LogP contribution in [0.15, 0.2) is 42.5 Å². The maximum atomic E-state index is 14.0. The van der Waals surface area contributed by atoms with Crippen molar-refractivity contribution in [2.75, 3.05) is 26.4 Å². The van der Waals surface area contributed by atoms with E-state index in [0.29, 0.717) is 24.3 Å². The van der Waals surface area contributed by atoms with Crippen LogP contribution in [0.1, 0.15) is 10.4 Å². The molecule has 4 nitrogen and oxygen atoms in total. The van der Waals surface area contributed by atoms with Crippen molar-refractivity contribution in [3.63, 3.8) is 0 Å². The van der Waals surface area contributed by atoms with E-state index in [2.05, 4.69) is 0 Å². The van der Waals surface area contributed by atoms with E-state index in [9.17, 15) is 18.7 Å². The Morgan fingerprint density at radius 3 is 2.83 bits per heavy atom. The van der Waals surface area contributed by atoms with Crippen LogP contribution in [0, 0.1) is 11.6 Å². The zero-order valence-corrected chi connectivity index (χ0v) is 12.9. The first kappa shape index (κ1) is 16.5. The molecule has 3 rings (SSSR count). The molecule has 2 aromatic rings. The molecule has 1 aliphatic rings. The number of nitrogens with zero attached hydrogens (tertiary/aromatic N) is 1. The monoisotopic (exact) mass is 333 g/mol. The number of ether oxygens (including phenoxy) is 1. The van der Waals surface area contributed by atoms with Gasteiger partial charge in [-0.1, -0.05) is 24.3 Å². The Labute approximate surface area is 138 Å². The standard InChI is InChI=1S/C18H17F2NO3/c19-16-6-2-5-15(17(16)20)12-3-1-4-13(9-12)18(23)21-7-8-24-11-14(21)10-22/h1-6,9,14,22H,7-8,10-11H2. The Morgan fingerprint density at radius 1 is 1.25 bits per heavy atom. The number of rotatable bonds is 3. The second kappa shape index (κ2) is 7.07. The molecule has 1 heterocycles. The van der Waals surface area contributed by atoms with Crippen LogP contribution in [0.2, 0.25) is 0 Å². The van der Waals surface area contributed by atoms with E-state index < -0.39 is 17.7 Å². The van der Waals surface area contributed by atoms with E-state index in [1.807, 2.05) is 0 Å². The Morgan fingerprint density at radius 2 is 2.04 bits per heavy atom. The third-order valence-corrected chi connectivity index (χ3v) is 4.07. The van der Waals surface area contributed by atoms with Crippen molar-refractivity contribution in [2.45, 2.75) is 6.04 Å². The van der Waals surface area contributed by atoms with Gasteiger partial charge in [0.05, 0.1) is 25.9 Å². The number of amides is 1. The van der Waals surface area contributed by atoms with Crippen molar-refractivity contribution in [3.8, 4) is 11.1 Å². The number of aliphatic hydroxyl groups excluding tert-OH is 1. The minimum absolute atomic E-state index is 0.102. The summed E-state index contributed by atoms with van der Waals surface area (Å²) in [5, 5.41) is 9.39. The van der Waals surface area contributed by atoms with E-state index >= 15 is 0 Å². The van der Waals surface area contributed by atoms with Gasteiger partial charge in [0.15, 0.2) is 11.6 Å². The van der Waals surface area contributed by atoms with E-state index in [1.54, 1.807) is 23.1 Å². The summed E-state index contributed by atoms with van der Waals surface area (Å²) in [5.74, 6) is -2.14. The number of hydrogen-bond donors (Lipinski definition) is 1. The van der Waals surface area contributed by atoms with Gasteiger partial charge in [-0.2, -0.15) is 0 Å². The summed E-state index contributed by atoms with van der Waals surface area (Å²) in [6.07, 6.45) is 0. The van der Waals surface area contributed by atoms with Crippen molar-refractivity contribution >= 4 is 5.91 Å². The lowest BCUT2D eigenvalue weighted by Crippen LogP contribution is -2.50. The molecule has 0 spiro atoms. The zero-order valence-electron chi connectivity index (χ0n) is 12.9. The van der Waals surface area contributed by atoms with Gasteiger partial charge in [0.1, 0.15) is 0 Å². The molecule has 1 atom stereocenters. The fourth-order valence-corrected chi connectivity index (χ4v) is 2.79. The van der Waals surface area contributed by atoms with E-state index in [-0.39, 0.29) is 24.7 Å². The predicted octanol–water partition coefficient (Wildman–Crippen LogP) is 2.47. The van der Waals surface area contributed by atoms with Crippen LogP contribution in [0.25, 0.3) is 11.1 Å². The van der Waals surface area contributed by atoms with Crippen molar-refractivity contribution in [2.24, 2.45) is 0 Å². The Bertz CT molecular complexity index is 751. The summed E-state index contributed by atoms with van der Waals surface area (Å²) in [4.78, 5) is 14.2. The molecule has 126 valence electrons. The summed E-state index contributed by atoms with van der Waals surface area (Å²) in [6, 6.07) is 9.93. The second-order valence-electron chi connectivity index (χ2n) is 5.59. The van der Waals surface area contributed by atoms with Crippen LogP contribution in [0.4, 0.5) is 8.78 Å². The molecule has 1 saturated heterocycles. The van der Waals surface area contributed by atoms with Crippen LogP contribution < -0.4 is 0 Å². The van der Waals surface area contributed by atoms with Gasteiger partial charge >= 0.3 is 0 Å². The fraction of sp³-hybridized carbons (Fsp3) is 0.278. The third-order valence-electron chi connectivity index (χ3n) is 4.07. The smallest absolute Gasteiger partial charge is 0.254 e. The third kappa shape index (κ3) is 3.16. The largest absolute Gasteiger partial charge is 0.394 e. The molecule has 2 aromatic carbocycles. The van der Waals surface area contributed by atoms with Crippen LogP contribution in [0.3, 0.4) is 0 Å². The molecule has 1 unspecified atom stereocenters. The van der Waals surface area contributed by atoms with Gasteiger partial charge in [-0.3, -0.25) is 4.79 Å². The van der Waals surface area contributed by atoms with E-state index in [0.717, 1.165) is 6.07 Å². The van der Waals surface area contributed by atoms with E-state index in [1.165, 1.54) is 18.2 Å². The quantitative estimate of drug-likeness (QED) is 0.939.